The van der Waals surface area contributed by atoms with Gasteiger partial charge in [-0.2, -0.15) is 0 Å². The van der Waals surface area contributed by atoms with Crippen molar-refractivity contribution < 1.29 is 28.4 Å². The van der Waals surface area contributed by atoms with E-state index in [2.05, 4.69) is 16.0 Å². The van der Waals surface area contributed by atoms with Gasteiger partial charge in [0, 0.05) is 19.9 Å². The van der Waals surface area contributed by atoms with Crippen LogP contribution >= 0.6 is 0 Å². The van der Waals surface area contributed by atoms with Crippen LogP contribution in [-0.2, 0) is 30.5 Å². The molecule has 0 radical (unpaired) electrons. The van der Waals surface area contributed by atoms with Crippen LogP contribution in [0.5, 0.6) is 0 Å². The number of rotatable bonds is 12. The summed E-state index contributed by atoms with van der Waals surface area (Å²) >= 11 is 0. The van der Waals surface area contributed by atoms with Crippen molar-refractivity contribution in [3.63, 3.8) is 0 Å². The fourth-order valence-electron chi connectivity index (χ4n) is 2.47. The maximum Gasteiger partial charge on any atom is 0.243 e. The van der Waals surface area contributed by atoms with Crippen molar-refractivity contribution in [1.82, 2.24) is 16.0 Å². The topological polar surface area (TPSA) is 171 Å². The molecule has 0 heterocycles. The molecule has 30 heavy (non-hydrogen) atoms. The van der Waals surface area contributed by atoms with Gasteiger partial charge in [-0.3, -0.25) is 24.0 Å². The number of carbonyl (C=O) groups is 5. The fourth-order valence-corrected chi connectivity index (χ4v) is 2.47. The molecule has 4 amide bonds. The monoisotopic (exact) mass is 421 g/mol. The van der Waals surface area contributed by atoms with E-state index in [1.165, 1.54) is 24.3 Å². The molecule has 0 saturated heterocycles. The van der Waals surface area contributed by atoms with Gasteiger partial charge in [-0.15, -0.1) is 0 Å². The lowest BCUT2D eigenvalue weighted by molar-refractivity contribution is -0.133. The highest BCUT2D eigenvalue weighted by atomic mass is 19.1. The zero-order valence-corrected chi connectivity index (χ0v) is 16.4. The summed E-state index contributed by atoms with van der Waals surface area (Å²) in [6.45, 7) is 1.19. The van der Waals surface area contributed by atoms with E-state index in [0.29, 0.717) is 11.8 Å². The molecule has 162 valence electrons. The molecular formula is C19H24FN5O5. The van der Waals surface area contributed by atoms with E-state index in [4.69, 9.17) is 11.1 Å². The van der Waals surface area contributed by atoms with Crippen LogP contribution in [0.15, 0.2) is 24.3 Å². The summed E-state index contributed by atoms with van der Waals surface area (Å²) in [6.07, 6.45) is -0.172. The van der Waals surface area contributed by atoms with Gasteiger partial charge >= 0.3 is 0 Å². The molecule has 1 aromatic carbocycles. The zero-order chi connectivity index (χ0) is 22.7. The summed E-state index contributed by atoms with van der Waals surface area (Å²) in [5.74, 6) is -3.85. The van der Waals surface area contributed by atoms with Crippen LogP contribution in [0.2, 0.25) is 0 Å². The minimum atomic E-state index is -1.29. The van der Waals surface area contributed by atoms with Gasteiger partial charge < -0.3 is 27.1 Å². The number of hydrogen-bond acceptors (Lipinski definition) is 6. The molecule has 0 aliphatic heterocycles. The number of halogens is 1. The number of ketones is 1. The van der Waals surface area contributed by atoms with E-state index in [1.807, 2.05) is 0 Å². The molecule has 0 spiro atoms. The Labute approximate surface area is 172 Å². The molecular weight excluding hydrogens is 397 g/mol. The molecule has 1 aromatic rings. The van der Waals surface area contributed by atoms with Crippen LogP contribution in [0.1, 0.15) is 31.7 Å². The van der Waals surface area contributed by atoms with Crippen LogP contribution in [0, 0.1) is 11.2 Å². The first kappa shape index (κ1) is 24.4. The Morgan fingerprint density at radius 2 is 1.70 bits per heavy atom. The van der Waals surface area contributed by atoms with Crippen LogP contribution in [0.25, 0.3) is 0 Å². The lowest BCUT2D eigenvalue weighted by Crippen LogP contribution is -2.54. The second-order valence-corrected chi connectivity index (χ2v) is 6.48. The van der Waals surface area contributed by atoms with Crippen LogP contribution in [0.4, 0.5) is 4.39 Å². The molecule has 0 bridgehead atoms. The lowest BCUT2D eigenvalue weighted by atomic mass is 10.1. The summed E-state index contributed by atoms with van der Waals surface area (Å²) < 4.78 is 13.0. The number of amides is 4. The molecule has 0 aromatic heterocycles. The molecule has 11 heteroatoms. The second-order valence-electron chi connectivity index (χ2n) is 6.48. The van der Waals surface area contributed by atoms with Crippen molar-refractivity contribution in [1.29, 1.82) is 5.41 Å². The minimum absolute atomic E-state index is 0.0421. The largest absolute Gasteiger partial charge is 0.370 e. The molecule has 0 unspecified atom stereocenters. The number of benzene rings is 1. The zero-order valence-electron chi connectivity index (χ0n) is 16.4. The van der Waals surface area contributed by atoms with Gasteiger partial charge in [0.2, 0.25) is 23.6 Å². The molecule has 6 N–H and O–H groups in total. The Bertz CT molecular complexity index is 796. The quantitative estimate of drug-likeness (QED) is 0.281. The van der Waals surface area contributed by atoms with Crippen molar-refractivity contribution in [2.24, 2.45) is 5.73 Å². The highest BCUT2D eigenvalue weighted by molar-refractivity contribution is 6.26. The summed E-state index contributed by atoms with van der Waals surface area (Å²) in [6, 6.07) is 2.94. The van der Waals surface area contributed by atoms with E-state index in [1.54, 1.807) is 0 Å². The predicted molar refractivity (Wildman–Crippen MR) is 105 cm³/mol. The number of nitrogens with one attached hydrogen (secondary N) is 4. The Morgan fingerprint density at radius 3 is 2.23 bits per heavy atom. The Balaban J connectivity index is 2.86. The van der Waals surface area contributed by atoms with Crippen molar-refractivity contribution in [3.8, 4) is 0 Å². The second kappa shape index (κ2) is 12.0. The van der Waals surface area contributed by atoms with E-state index in [-0.39, 0.29) is 19.4 Å². The maximum absolute atomic E-state index is 13.0. The van der Waals surface area contributed by atoms with Crippen LogP contribution in [-0.4, -0.2) is 47.7 Å². The Kier molecular flexibility index (Phi) is 9.80. The van der Waals surface area contributed by atoms with Gasteiger partial charge in [0.1, 0.15) is 17.9 Å². The summed E-state index contributed by atoms with van der Waals surface area (Å²) in [4.78, 5) is 58.9. The number of nitrogens with two attached hydrogens (primary N) is 1. The molecule has 2 atom stereocenters. The smallest absolute Gasteiger partial charge is 0.243 e. The normalized spacial score (nSPS) is 12.2. The van der Waals surface area contributed by atoms with E-state index >= 15 is 0 Å². The highest BCUT2D eigenvalue weighted by Crippen LogP contribution is 2.05. The van der Waals surface area contributed by atoms with Crippen LogP contribution in [0.3, 0.4) is 0 Å². The standard InChI is InChI=1S/C19H24FN5O5/c1-11(26)24-16(8-17(22)28)19(30)25-15(7-6-14(27)9-21)18(29)23-10-12-2-4-13(20)5-3-12/h2-5,9,15-16,21H,6-8,10H2,1H3,(H2,22,28)(H,23,29)(H,24,26)(H,25,30)/t15-,16-/m0/s1. The average molecular weight is 421 g/mol. The Morgan fingerprint density at radius 1 is 1.07 bits per heavy atom. The predicted octanol–water partition coefficient (Wildman–Crippen LogP) is -0.694. The van der Waals surface area contributed by atoms with Gasteiger partial charge in [-0.05, 0) is 24.1 Å². The highest BCUT2D eigenvalue weighted by Gasteiger charge is 2.27. The number of hydrogen-bond donors (Lipinski definition) is 5. The molecule has 0 fully saturated rings. The van der Waals surface area contributed by atoms with Crippen LogP contribution < -0.4 is 21.7 Å². The Hall–Kier alpha value is -3.63. The third-order valence-electron chi connectivity index (χ3n) is 3.95. The van der Waals surface area contributed by atoms with Gasteiger partial charge in [0.05, 0.1) is 12.6 Å². The van der Waals surface area contributed by atoms with Gasteiger partial charge in [-0.25, -0.2) is 4.39 Å². The first-order valence-electron chi connectivity index (χ1n) is 9.03. The number of Topliss-reactive ketones (excluding diaryl/α,β-unsaturated/α-hetero) is 1. The lowest BCUT2D eigenvalue weighted by Gasteiger charge is -2.22. The van der Waals surface area contributed by atoms with Crippen molar-refractivity contribution in [2.45, 2.75) is 44.8 Å². The molecule has 0 saturated carbocycles. The first-order chi connectivity index (χ1) is 14.1. The third-order valence-corrected chi connectivity index (χ3v) is 3.95. The number of primary amides is 1. The van der Waals surface area contributed by atoms with E-state index < -0.39 is 53.7 Å². The summed E-state index contributed by atoms with van der Waals surface area (Å²) in [5, 5.41) is 14.2. The van der Waals surface area contributed by atoms with Crippen molar-refractivity contribution >= 4 is 35.6 Å². The maximum atomic E-state index is 13.0. The van der Waals surface area contributed by atoms with Crippen molar-refractivity contribution in [3.05, 3.63) is 35.6 Å². The molecule has 0 aliphatic carbocycles. The number of carbonyl (C=O) groups excluding carboxylic acids is 5. The SMILES string of the molecule is CC(=O)N[C@@H](CC(N)=O)C(=O)N[C@@H](CCC(=O)C=N)C(=O)NCc1ccc(F)cc1. The summed E-state index contributed by atoms with van der Waals surface area (Å²) in [7, 11) is 0. The van der Waals surface area contributed by atoms with Gasteiger partial charge in [0.25, 0.3) is 0 Å². The van der Waals surface area contributed by atoms with E-state index in [0.717, 1.165) is 6.92 Å². The molecule has 0 aliphatic rings. The fraction of sp³-hybridized carbons (Fsp3) is 0.368. The van der Waals surface area contributed by atoms with Gasteiger partial charge in [0.15, 0.2) is 5.78 Å². The van der Waals surface area contributed by atoms with Gasteiger partial charge in [-0.1, -0.05) is 12.1 Å². The summed E-state index contributed by atoms with van der Waals surface area (Å²) in [5.41, 5.74) is 5.70. The van der Waals surface area contributed by atoms with Crippen molar-refractivity contribution in [2.75, 3.05) is 0 Å². The average Bonchev–Trinajstić information content (AvgIpc) is 2.68. The molecule has 1 rings (SSSR count). The first-order valence-corrected chi connectivity index (χ1v) is 9.03. The minimum Gasteiger partial charge on any atom is -0.370 e. The molecule has 10 nitrogen and oxygen atoms in total. The third kappa shape index (κ3) is 9.04. The van der Waals surface area contributed by atoms with E-state index in [9.17, 15) is 28.4 Å².